The van der Waals surface area contributed by atoms with Gasteiger partial charge in [0.1, 0.15) is 0 Å². The summed E-state index contributed by atoms with van der Waals surface area (Å²) in [6, 6.07) is 8.44. The monoisotopic (exact) mass is 361 g/mol. The molecule has 2 rings (SSSR count). The summed E-state index contributed by atoms with van der Waals surface area (Å²) in [4.78, 5) is 0. The van der Waals surface area contributed by atoms with E-state index in [1.54, 1.807) is 6.08 Å². The van der Waals surface area contributed by atoms with Crippen molar-refractivity contribution in [3.8, 4) is 0 Å². The lowest BCUT2D eigenvalue weighted by molar-refractivity contribution is 0.804. The zero-order valence-electron chi connectivity index (χ0n) is 17.0. The van der Waals surface area contributed by atoms with Crippen LogP contribution in [0.3, 0.4) is 0 Å². The van der Waals surface area contributed by atoms with E-state index >= 15 is 0 Å². The Morgan fingerprint density at radius 2 is 1.89 bits per heavy atom. The second-order valence-electron chi connectivity index (χ2n) is 5.82. The number of allylic oxidation sites excluding steroid dienone is 6. The van der Waals surface area contributed by atoms with Crippen molar-refractivity contribution in [2.75, 3.05) is 0 Å². The Labute approximate surface area is 164 Å². The number of hydrogen-bond acceptors (Lipinski definition) is 3. The van der Waals surface area contributed by atoms with Gasteiger partial charge in [-0.05, 0) is 25.5 Å². The molecule has 3 heteroatoms. The predicted octanol–water partition coefficient (Wildman–Crippen LogP) is 5.71. The lowest BCUT2D eigenvalue weighted by Crippen LogP contribution is -2.23. The van der Waals surface area contributed by atoms with Crippen LogP contribution < -0.4 is 10.7 Å². The van der Waals surface area contributed by atoms with Crippen LogP contribution in [0.2, 0.25) is 0 Å². The molecule has 1 aromatic rings. The van der Waals surface area contributed by atoms with E-state index in [0.717, 1.165) is 28.3 Å². The minimum Gasteiger partial charge on any atom is -0.381 e. The molecule has 0 spiro atoms. The molecule has 1 aromatic carbocycles. The highest BCUT2D eigenvalue weighted by molar-refractivity contribution is 6.12. The van der Waals surface area contributed by atoms with Crippen molar-refractivity contribution in [1.29, 1.82) is 0 Å². The third kappa shape index (κ3) is 6.63. The van der Waals surface area contributed by atoms with Crippen LogP contribution in [-0.2, 0) is 6.54 Å². The Balaban J connectivity index is 0.00000176. The second kappa shape index (κ2) is 11.5. The Hall–Kier alpha value is -3.07. The van der Waals surface area contributed by atoms with Gasteiger partial charge in [0.25, 0.3) is 0 Å². The van der Waals surface area contributed by atoms with Gasteiger partial charge in [-0.3, -0.25) is 5.43 Å². The molecule has 0 saturated heterocycles. The maximum atomic E-state index is 4.36. The highest BCUT2D eigenvalue weighted by atomic mass is 15.3. The summed E-state index contributed by atoms with van der Waals surface area (Å²) < 4.78 is 0. The van der Waals surface area contributed by atoms with E-state index in [4.69, 9.17) is 0 Å². The van der Waals surface area contributed by atoms with E-state index in [9.17, 15) is 0 Å². The second-order valence-corrected chi connectivity index (χ2v) is 5.82. The van der Waals surface area contributed by atoms with Crippen LogP contribution in [0.5, 0.6) is 0 Å². The van der Waals surface area contributed by atoms with Crippen molar-refractivity contribution >= 4 is 5.71 Å². The van der Waals surface area contributed by atoms with E-state index in [2.05, 4.69) is 66.8 Å². The topological polar surface area (TPSA) is 36.4 Å². The fourth-order valence-corrected chi connectivity index (χ4v) is 2.40. The smallest absolute Gasteiger partial charge is 0.0913 e. The average molecular weight is 362 g/mol. The van der Waals surface area contributed by atoms with E-state index in [1.165, 1.54) is 11.1 Å². The Bertz CT molecular complexity index is 787. The van der Waals surface area contributed by atoms with E-state index in [-0.39, 0.29) is 0 Å². The van der Waals surface area contributed by atoms with Crippen LogP contribution in [-0.4, -0.2) is 5.71 Å². The average Bonchev–Trinajstić information content (AvgIpc) is 2.69. The van der Waals surface area contributed by atoms with Gasteiger partial charge in [-0.1, -0.05) is 87.7 Å². The van der Waals surface area contributed by atoms with Crippen LogP contribution in [0.1, 0.15) is 31.9 Å². The van der Waals surface area contributed by atoms with Crippen LogP contribution in [0.4, 0.5) is 0 Å². The summed E-state index contributed by atoms with van der Waals surface area (Å²) in [5.41, 5.74) is 9.68. The van der Waals surface area contributed by atoms with Crippen molar-refractivity contribution in [3.63, 3.8) is 0 Å². The number of benzene rings is 1. The molecular weight excluding hydrogens is 330 g/mol. The van der Waals surface area contributed by atoms with Gasteiger partial charge >= 0.3 is 0 Å². The summed E-state index contributed by atoms with van der Waals surface area (Å²) in [5, 5.41) is 7.73. The first-order valence-electron chi connectivity index (χ1n) is 9.24. The molecule has 1 aliphatic rings. The number of hydrogen-bond donors (Lipinski definition) is 2. The van der Waals surface area contributed by atoms with Gasteiger partial charge in [0.05, 0.1) is 11.4 Å². The van der Waals surface area contributed by atoms with Crippen molar-refractivity contribution in [1.82, 2.24) is 10.7 Å². The first kappa shape index (κ1) is 22.0. The van der Waals surface area contributed by atoms with E-state index < -0.39 is 0 Å². The third-order valence-electron chi connectivity index (χ3n) is 3.81. The van der Waals surface area contributed by atoms with Crippen molar-refractivity contribution < 1.29 is 0 Å². The summed E-state index contributed by atoms with van der Waals surface area (Å²) in [6.07, 6.45) is 9.62. The molecule has 0 saturated carbocycles. The fraction of sp³-hybridized carbons (Fsp3) is 0.208. The van der Waals surface area contributed by atoms with Gasteiger partial charge in [0.2, 0.25) is 0 Å². The molecule has 0 aliphatic carbocycles. The number of aryl methyl sites for hydroxylation is 1. The lowest BCUT2D eigenvalue weighted by atomic mass is 10.0. The van der Waals surface area contributed by atoms with Gasteiger partial charge in [-0.15, -0.1) is 0 Å². The van der Waals surface area contributed by atoms with Gasteiger partial charge in [-0.2, -0.15) is 5.10 Å². The quantitative estimate of drug-likeness (QED) is 0.610. The maximum Gasteiger partial charge on any atom is 0.0913 e. The first-order chi connectivity index (χ1) is 13.0. The van der Waals surface area contributed by atoms with Crippen molar-refractivity contribution in [2.45, 2.75) is 34.2 Å². The normalized spacial score (nSPS) is 13.8. The molecule has 1 heterocycles. The Morgan fingerprint density at radius 3 is 2.48 bits per heavy atom. The molecule has 0 atom stereocenters. The molecule has 3 nitrogen and oxygen atoms in total. The molecule has 142 valence electrons. The van der Waals surface area contributed by atoms with Gasteiger partial charge in [0, 0.05) is 23.4 Å². The SMILES string of the molecule is C=C/C=C(\C=C/C)C1=NNC(=C)C(C(=C)NCc2ccc(C)cc2)=C1.CC. The van der Waals surface area contributed by atoms with E-state index in [0.29, 0.717) is 6.54 Å². The Kier molecular flexibility index (Phi) is 9.38. The lowest BCUT2D eigenvalue weighted by Gasteiger charge is -2.20. The minimum atomic E-state index is 0.709. The number of rotatable bonds is 7. The molecule has 0 unspecified atom stereocenters. The van der Waals surface area contributed by atoms with Crippen LogP contribution >= 0.6 is 0 Å². The van der Waals surface area contributed by atoms with E-state index in [1.807, 2.05) is 45.1 Å². The molecule has 0 aromatic heterocycles. The standard InChI is InChI=1S/C22H25N3.C2H6/c1-6-8-20(9-7-2)22-14-21(18(5)24-25-22)17(4)23-15-19-12-10-16(3)11-13-19;1-2/h6-14,23-24H,1,4-5,15H2,2-3H3;1-2H3/b9-7-,20-8+;. The number of nitrogens with one attached hydrogen (secondary N) is 2. The van der Waals surface area contributed by atoms with Gasteiger partial charge in [0.15, 0.2) is 0 Å². The van der Waals surface area contributed by atoms with Crippen LogP contribution in [0, 0.1) is 6.92 Å². The highest BCUT2D eigenvalue weighted by Crippen LogP contribution is 2.19. The van der Waals surface area contributed by atoms with Crippen molar-refractivity contribution in [2.24, 2.45) is 5.10 Å². The molecular formula is C24H31N3. The number of hydrazone groups is 1. The van der Waals surface area contributed by atoms with Gasteiger partial charge in [-0.25, -0.2) is 0 Å². The molecule has 1 aliphatic heterocycles. The molecule has 27 heavy (non-hydrogen) atoms. The number of nitrogens with zero attached hydrogens (tertiary/aromatic N) is 1. The molecule has 0 radical (unpaired) electrons. The minimum absolute atomic E-state index is 0.709. The molecule has 0 fully saturated rings. The zero-order chi connectivity index (χ0) is 20.2. The predicted molar refractivity (Wildman–Crippen MR) is 119 cm³/mol. The summed E-state index contributed by atoms with van der Waals surface area (Å²) in [6.45, 7) is 20.7. The highest BCUT2D eigenvalue weighted by Gasteiger charge is 2.14. The molecule has 2 N–H and O–H groups in total. The molecule has 0 bridgehead atoms. The van der Waals surface area contributed by atoms with Crippen LogP contribution in [0.25, 0.3) is 0 Å². The zero-order valence-corrected chi connectivity index (χ0v) is 17.0. The van der Waals surface area contributed by atoms with Gasteiger partial charge < -0.3 is 5.32 Å². The van der Waals surface area contributed by atoms with Crippen molar-refractivity contribution in [3.05, 3.63) is 108 Å². The van der Waals surface area contributed by atoms with Crippen LogP contribution in [0.15, 0.2) is 102 Å². The molecule has 0 amide bonds. The fourth-order valence-electron chi connectivity index (χ4n) is 2.40. The summed E-state index contributed by atoms with van der Waals surface area (Å²) in [5.74, 6) is 0. The third-order valence-corrected chi connectivity index (χ3v) is 3.81. The largest absolute Gasteiger partial charge is 0.381 e. The summed E-state index contributed by atoms with van der Waals surface area (Å²) in [7, 11) is 0. The first-order valence-corrected chi connectivity index (χ1v) is 9.24. The Morgan fingerprint density at radius 1 is 1.22 bits per heavy atom. The maximum absolute atomic E-state index is 4.36. The summed E-state index contributed by atoms with van der Waals surface area (Å²) >= 11 is 0.